The Balaban J connectivity index is 2.93. The summed E-state index contributed by atoms with van der Waals surface area (Å²) in [4.78, 5) is 4.33. The van der Waals surface area contributed by atoms with E-state index in [0.29, 0.717) is 5.82 Å². The summed E-state index contributed by atoms with van der Waals surface area (Å²) in [7, 11) is -1.86. The molecule has 1 rings (SSSR count). The first-order chi connectivity index (χ1) is 8.93. The van der Waals surface area contributed by atoms with Crippen molar-refractivity contribution in [2.45, 2.75) is 24.8 Å². The van der Waals surface area contributed by atoms with Gasteiger partial charge in [0.25, 0.3) is 0 Å². The molecule has 0 saturated carbocycles. The highest BCUT2D eigenvalue weighted by Crippen LogP contribution is 2.18. The van der Waals surface area contributed by atoms with Crippen molar-refractivity contribution in [1.82, 2.24) is 9.29 Å². The van der Waals surface area contributed by atoms with Crippen molar-refractivity contribution < 1.29 is 8.42 Å². The second-order valence-electron chi connectivity index (χ2n) is 4.24. The molecule has 1 N–H and O–H groups in total. The lowest BCUT2D eigenvalue weighted by Gasteiger charge is -2.23. The van der Waals surface area contributed by atoms with Gasteiger partial charge < -0.3 is 5.32 Å². The van der Waals surface area contributed by atoms with Gasteiger partial charge in [0.2, 0.25) is 10.0 Å². The SMILES string of the molecule is CCNc1ccc(S(=O)(=O)N(C)C(C)CSC)cn1. The van der Waals surface area contributed by atoms with Crippen molar-refractivity contribution in [3.8, 4) is 0 Å². The normalized spacial score (nSPS) is 13.5. The van der Waals surface area contributed by atoms with Crippen molar-refractivity contribution >= 4 is 27.6 Å². The van der Waals surface area contributed by atoms with Crippen LogP contribution in [0.4, 0.5) is 5.82 Å². The van der Waals surface area contributed by atoms with Gasteiger partial charge in [0.15, 0.2) is 0 Å². The maximum atomic E-state index is 12.4. The van der Waals surface area contributed by atoms with Gasteiger partial charge in [-0.3, -0.25) is 0 Å². The molecule has 0 aliphatic rings. The standard InChI is InChI=1S/C12H21N3O2S2/c1-5-13-12-7-6-11(8-14-12)19(16,17)15(3)10(2)9-18-4/h6-8,10H,5,9H2,1-4H3,(H,13,14). The van der Waals surface area contributed by atoms with E-state index < -0.39 is 10.0 Å². The van der Waals surface area contributed by atoms with Crippen molar-refractivity contribution in [2.24, 2.45) is 0 Å². The zero-order valence-electron chi connectivity index (χ0n) is 11.8. The molecule has 0 aliphatic heterocycles. The van der Waals surface area contributed by atoms with E-state index in [1.54, 1.807) is 30.9 Å². The minimum absolute atomic E-state index is 0.0477. The van der Waals surface area contributed by atoms with Crippen molar-refractivity contribution in [3.63, 3.8) is 0 Å². The molecule has 0 saturated heterocycles. The van der Waals surface area contributed by atoms with Gasteiger partial charge in [-0.25, -0.2) is 13.4 Å². The van der Waals surface area contributed by atoms with E-state index in [4.69, 9.17) is 0 Å². The minimum Gasteiger partial charge on any atom is -0.370 e. The predicted octanol–water partition coefficient (Wildman–Crippen LogP) is 1.89. The number of nitrogens with zero attached hydrogens (tertiary/aromatic N) is 2. The number of thioether (sulfide) groups is 1. The minimum atomic E-state index is -3.46. The van der Waals surface area contributed by atoms with Crippen LogP contribution in [0, 0.1) is 0 Å². The largest absolute Gasteiger partial charge is 0.370 e. The quantitative estimate of drug-likeness (QED) is 0.833. The maximum absolute atomic E-state index is 12.4. The highest BCUT2D eigenvalue weighted by molar-refractivity contribution is 7.98. The van der Waals surface area contributed by atoms with E-state index in [1.165, 1.54) is 10.5 Å². The van der Waals surface area contributed by atoms with Crippen LogP contribution in [0.15, 0.2) is 23.2 Å². The summed E-state index contributed by atoms with van der Waals surface area (Å²) in [6.45, 7) is 4.61. The average Bonchev–Trinajstić information content (AvgIpc) is 2.39. The first kappa shape index (κ1) is 16.3. The molecule has 0 bridgehead atoms. The summed E-state index contributed by atoms with van der Waals surface area (Å²) in [5, 5.41) is 3.04. The third kappa shape index (κ3) is 4.09. The van der Waals surface area contributed by atoms with Gasteiger partial charge in [-0.2, -0.15) is 16.1 Å². The van der Waals surface area contributed by atoms with Crippen LogP contribution < -0.4 is 5.32 Å². The van der Waals surface area contributed by atoms with Crippen molar-refractivity contribution in [2.75, 3.05) is 30.9 Å². The number of anilines is 1. The molecule has 1 atom stereocenters. The third-order valence-corrected chi connectivity index (χ3v) is 5.57. The maximum Gasteiger partial charge on any atom is 0.244 e. The summed E-state index contributed by atoms with van der Waals surface area (Å²) < 4.78 is 26.1. The zero-order valence-corrected chi connectivity index (χ0v) is 13.4. The smallest absolute Gasteiger partial charge is 0.244 e. The zero-order chi connectivity index (χ0) is 14.5. The number of sulfonamides is 1. The van der Waals surface area contributed by atoms with E-state index in [0.717, 1.165) is 12.3 Å². The van der Waals surface area contributed by atoms with E-state index in [9.17, 15) is 8.42 Å². The Kier molecular flexibility index (Phi) is 6.09. The third-order valence-electron chi connectivity index (χ3n) is 2.80. The molecule has 0 aromatic carbocycles. The Hall–Kier alpha value is -0.790. The van der Waals surface area contributed by atoms with E-state index >= 15 is 0 Å². The molecule has 1 unspecified atom stereocenters. The summed E-state index contributed by atoms with van der Waals surface area (Å²) >= 11 is 1.63. The van der Waals surface area contributed by atoms with E-state index in [2.05, 4.69) is 10.3 Å². The number of hydrogen-bond acceptors (Lipinski definition) is 5. The van der Waals surface area contributed by atoms with Crippen LogP contribution in [0.1, 0.15) is 13.8 Å². The van der Waals surface area contributed by atoms with Crippen LogP contribution in [0.5, 0.6) is 0 Å². The fraction of sp³-hybridized carbons (Fsp3) is 0.583. The molecule has 1 aromatic heterocycles. The van der Waals surface area contributed by atoms with Gasteiger partial charge in [-0.1, -0.05) is 0 Å². The fourth-order valence-corrected chi connectivity index (χ4v) is 3.68. The topological polar surface area (TPSA) is 62.3 Å². The Bertz CT molecular complexity index is 488. The van der Waals surface area contributed by atoms with E-state index in [-0.39, 0.29) is 10.9 Å². The predicted molar refractivity (Wildman–Crippen MR) is 81.2 cm³/mol. The molecule has 0 fully saturated rings. The molecule has 5 nitrogen and oxygen atoms in total. The van der Waals surface area contributed by atoms with Gasteiger partial charge in [-0.05, 0) is 32.2 Å². The number of rotatable bonds is 7. The summed E-state index contributed by atoms with van der Waals surface area (Å²) in [5.74, 6) is 1.44. The Morgan fingerprint density at radius 2 is 2.16 bits per heavy atom. The summed E-state index contributed by atoms with van der Waals surface area (Å²) in [6.07, 6.45) is 3.36. The molecular weight excluding hydrogens is 282 g/mol. The number of aromatic nitrogens is 1. The Labute approximate surface area is 119 Å². The lowest BCUT2D eigenvalue weighted by atomic mass is 10.4. The number of pyridine rings is 1. The molecule has 0 radical (unpaired) electrons. The lowest BCUT2D eigenvalue weighted by Crippen LogP contribution is -2.36. The molecule has 0 aliphatic carbocycles. The number of hydrogen-bond donors (Lipinski definition) is 1. The van der Waals surface area contributed by atoms with Crippen LogP contribution in [0.25, 0.3) is 0 Å². The van der Waals surface area contributed by atoms with Gasteiger partial charge in [0.1, 0.15) is 10.7 Å². The fourth-order valence-electron chi connectivity index (χ4n) is 1.57. The molecule has 108 valence electrons. The molecule has 0 spiro atoms. The molecule has 1 heterocycles. The van der Waals surface area contributed by atoms with Crippen LogP contribution in [0.2, 0.25) is 0 Å². The summed E-state index contributed by atoms with van der Waals surface area (Å²) in [5.41, 5.74) is 0. The monoisotopic (exact) mass is 303 g/mol. The molecular formula is C12H21N3O2S2. The number of nitrogens with one attached hydrogen (secondary N) is 1. The molecule has 7 heteroatoms. The van der Waals surface area contributed by atoms with E-state index in [1.807, 2.05) is 20.1 Å². The second kappa shape index (κ2) is 7.12. The average molecular weight is 303 g/mol. The van der Waals surface area contributed by atoms with Crippen molar-refractivity contribution in [1.29, 1.82) is 0 Å². The summed E-state index contributed by atoms with van der Waals surface area (Å²) in [6, 6.07) is 3.22. The highest BCUT2D eigenvalue weighted by atomic mass is 32.2. The first-order valence-electron chi connectivity index (χ1n) is 6.10. The highest BCUT2D eigenvalue weighted by Gasteiger charge is 2.25. The van der Waals surface area contributed by atoms with Gasteiger partial charge in [0, 0.05) is 31.6 Å². The van der Waals surface area contributed by atoms with Crippen LogP contribution in [0.3, 0.4) is 0 Å². The Morgan fingerprint density at radius 3 is 2.63 bits per heavy atom. The van der Waals surface area contributed by atoms with Crippen LogP contribution in [-0.2, 0) is 10.0 Å². The van der Waals surface area contributed by atoms with Crippen LogP contribution >= 0.6 is 11.8 Å². The second-order valence-corrected chi connectivity index (χ2v) is 7.14. The van der Waals surface area contributed by atoms with Gasteiger partial charge in [-0.15, -0.1) is 0 Å². The van der Waals surface area contributed by atoms with Gasteiger partial charge in [0.05, 0.1) is 0 Å². The molecule has 19 heavy (non-hydrogen) atoms. The van der Waals surface area contributed by atoms with Crippen LogP contribution in [-0.4, -0.2) is 49.3 Å². The lowest BCUT2D eigenvalue weighted by molar-refractivity contribution is 0.415. The molecule has 0 amide bonds. The Morgan fingerprint density at radius 1 is 1.47 bits per heavy atom. The molecule has 1 aromatic rings. The first-order valence-corrected chi connectivity index (χ1v) is 8.93. The van der Waals surface area contributed by atoms with Gasteiger partial charge >= 0.3 is 0 Å². The van der Waals surface area contributed by atoms with Crippen molar-refractivity contribution in [3.05, 3.63) is 18.3 Å².